The Morgan fingerprint density at radius 3 is 2.38 bits per heavy atom. The van der Waals surface area contributed by atoms with Crippen LogP contribution in [0.3, 0.4) is 0 Å². The van der Waals surface area contributed by atoms with Gasteiger partial charge in [0.25, 0.3) is 0 Å². The van der Waals surface area contributed by atoms with E-state index in [1.54, 1.807) is 62.8 Å². The van der Waals surface area contributed by atoms with Crippen molar-refractivity contribution in [3.8, 4) is 5.75 Å². The Bertz CT molecular complexity index is 922. The lowest BCUT2D eigenvalue weighted by atomic mass is 9.92. The molecule has 1 fully saturated rings. The minimum atomic E-state index is -3.59. The second-order valence-electron chi connectivity index (χ2n) is 6.58. The lowest BCUT2D eigenvalue weighted by Crippen LogP contribution is -2.53. The molecule has 2 aliphatic heterocycles. The molecule has 0 N–H and O–H groups in total. The molecular formula is C19H20O6S. The third-order valence-electron chi connectivity index (χ3n) is 4.93. The van der Waals surface area contributed by atoms with E-state index >= 15 is 0 Å². The van der Waals surface area contributed by atoms with Crippen LogP contribution in [0, 0.1) is 0 Å². The van der Waals surface area contributed by atoms with Crippen molar-refractivity contribution >= 4 is 9.84 Å². The number of benzene rings is 2. The molecule has 0 amide bonds. The second kappa shape index (κ2) is 6.06. The molecule has 138 valence electrons. The third kappa shape index (κ3) is 2.54. The van der Waals surface area contributed by atoms with Gasteiger partial charge in [-0.05, 0) is 37.3 Å². The highest BCUT2D eigenvalue weighted by molar-refractivity contribution is 7.91. The van der Waals surface area contributed by atoms with Crippen LogP contribution in [-0.4, -0.2) is 40.6 Å². The van der Waals surface area contributed by atoms with Crippen LogP contribution in [-0.2, 0) is 24.0 Å². The first-order valence-corrected chi connectivity index (χ1v) is 9.74. The molecular weight excluding hydrogens is 356 g/mol. The predicted molar refractivity (Wildman–Crippen MR) is 92.8 cm³/mol. The van der Waals surface area contributed by atoms with Gasteiger partial charge in [-0.15, -0.1) is 0 Å². The molecule has 0 aromatic heterocycles. The molecule has 0 bridgehead atoms. The number of epoxide rings is 1. The molecule has 7 heteroatoms. The summed E-state index contributed by atoms with van der Waals surface area (Å²) in [5.41, 5.74) is -0.0727. The van der Waals surface area contributed by atoms with Gasteiger partial charge in [0.2, 0.25) is 9.84 Å². The van der Waals surface area contributed by atoms with E-state index in [9.17, 15) is 8.42 Å². The number of hydrogen-bond donors (Lipinski definition) is 0. The normalized spacial score (nSPS) is 26.8. The SMILES string of the molecule is COC(OC)C1(C)Oc2ccc(S(=O)(=O)c3ccccc3)cc2C2OC21. The maximum atomic E-state index is 12.8. The van der Waals surface area contributed by atoms with Gasteiger partial charge >= 0.3 is 0 Å². The summed E-state index contributed by atoms with van der Waals surface area (Å²) in [6, 6.07) is 13.2. The smallest absolute Gasteiger partial charge is 0.206 e. The fraction of sp³-hybridized carbons (Fsp3) is 0.368. The molecule has 6 nitrogen and oxygen atoms in total. The maximum Gasteiger partial charge on any atom is 0.206 e. The van der Waals surface area contributed by atoms with Crippen molar-refractivity contribution in [3.63, 3.8) is 0 Å². The number of methoxy groups -OCH3 is 2. The van der Waals surface area contributed by atoms with E-state index in [2.05, 4.69) is 0 Å². The summed E-state index contributed by atoms with van der Waals surface area (Å²) in [5, 5.41) is 0. The molecule has 3 unspecified atom stereocenters. The Kier molecular flexibility index (Phi) is 4.07. The zero-order valence-corrected chi connectivity index (χ0v) is 15.5. The van der Waals surface area contributed by atoms with Crippen LogP contribution in [0.2, 0.25) is 0 Å². The van der Waals surface area contributed by atoms with Gasteiger partial charge in [-0.25, -0.2) is 8.42 Å². The first-order chi connectivity index (χ1) is 12.4. The van der Waals surface area contributed by atoms with Gasteiger partial charge in [0.1, 0.15) is 18.0 Å². The van der Waals surface area contributed by atoms with Crippen molar-refractivity contribution in [1.29, 1.82) is 0 Å². The average Bonchev–Trinajstić information content (AvgIpc) is 3.45. The first-order valence-electron chi connectivity index (χ1n) is 8.26. The monoisotopic (exact) mass is 376 g/mol. The molecule has 0 aliphatic carbocycles. The Balaban J connectivity index is 1.72. The summed E-state index contributed by atoms with van der Waals surface area (Å²) in [6.07, 6.45) is -1.09. The van der Waals surface area contributed by atoms with Crippen LogP contribution < -0.4 is 4.74 Å². The highest BCUT2D eigenvalue weighted by Gasteiger charge is 2.63. The van der Waals surface area contributed by atoms with Crippen molar-refractivity contribution in [2.45, 2.75) is 40.8 Å². The van der Waals surface area contributed by atoms with Gasteiger partial charge in [0.15, 0.2) is 11.9 Å². The van der Waals surface area contributed by atoms with Gasteiger partial charge in [0, 0.05) is 19.8 Å². The lowest BCUT2D eigenvalue weighted by molar-refractivity contribution is -0.205. The Hall–Kier alpha value is -1.93. The molecule has 26 heavy (non-hydrogen) atoms. The molecule has 0 saturated carbocycles. The highest BCUT2D eigenvalue weighted by atomic mass is 32.2. The summed E-state index contributed by atoms with van der Waals surface area (Å²) in [6.45, 7) is 1.87. The summed E-state index contributed by atoms with van der Waals surface area (Å²) < 4.78 is 48.3. The quantitative estimate of drug-likeness (QED) is 0.590. The maximum absolute atomic E-state index is 12.8. The van der Waals surface area contributed by atoms with Crippen molar-refractivity contribution in [1.82, 2.24) is 0 Å². The molecule has 3 atom stereocenters. The molecule has 2 heterocycles. The van der Waals surface area contributed by atoms with Crippen LogP contribution in [0.5, 0.6) is 5.75 Å². The molecule has 4 rings (SSSR count). The van der Waals surface area contributed by atoms with E-state index in [0.717, 1.165) is 5.56 Å². The number of ether oxygens (including phenoxy) is 4. The van der Waals surface area contributed by atoms with E-state index in [1.165, 1.54) is 0 Å². The largest absolute Gasteiger partial charge is 0.479 e. The fourth-order valence-electron chi connectivity index (χ4n) is 3.57. The van der Waals surface area contributed by atoms with Crippen molar-refractivity contribution in [2.24, 2.45) is 0 Å². The molecule has 0 spiro atoms. The van der Waals surface area contributed by atoms with Crippen molar-refractivity contribution < 1.29 is 27.4 Å². The van der Waals surface area contributed by atoms with Crippen LogP contribution in [0.25, 0.3) is 0 Å². The number of hydrogen-bond acceptors (Lipinski definition) is 6. The van der Waals surface area contributed by atoms with E-state index in [4.69, 9.17) is 18.9 Å². The van der Waals surface area contributed by atoms with Crippen molar-refractivity contribution in [2.75, 3.05) is 14.2 Å². The lowest BCUT2D eigenvalue weighted by Gasteiger charge is -2.37. The minimum Gasteiger partial charge on any atom is -0.479 e. The third-order valence-corrected chi connectivity index (χ3v) is 6.70. The predicted octanol–water partition coefficient (Wildman–Crippen LogP) is 2.73. The molecule has 2 aliphatic rings. The molecule has 1 saturated heterocycles. The number of fused-ring (bicyclic) bond motifs is 3. The second-order valence-corrected chi connectivity index (χ2v) is 8.53. The van der Waals surface area contributed by atoms with E-state index in [1.807, 2.05) is 6.92 Å². The molecule has 2 aromatic carbocycles. The average molecular weight is 376 g/mol. The fourth-order valence-corrected chi connectivity index (χ4v) is 4.89. The molecule has 2 aromatic rings. The summed E-state index contributed by atoms with van der Waals surface area (Å²) in [5.74, 6) is 0.581. The van der Waals surface area contributed by atoms with Gasteiger partial charge in [-0.1, -0.05) is 18.2 Å². The van der Waals surface area contributed by atoms with Gasteiger partial charge in [-0.3, -0.25) is 0 Å². The first kappa shape index (κ1) is 17.5. The number of rotatable bonds is 5. The summed E-state index contributed by atoms with van der Waals surface area (Å²) in [4.78, 5) is 0.479. The topological polar surface area (TPSA) is 74.4 Å². The Labute approximate surface area is 152 Å². The van der Waals surface area contributed by atoms with Crippen LogP contribution >= 0.6 is 0 Å². The summed E-state index contributed by atoms with van der Waals surface area (Å²) in [7, 11) is -0.499. The van der Waals surface area contributed by atoms with Gasteiger partial charge in [0.05, 0.1) is 9.79 Å². The highest BCUT2D eigenvalue weighted by Crippen LogP contribution is 2.55. The Morgan fingerprint density at radius 2 is 1.73 bits per heavy atom. The van der Waals surface area contributed by atoms with Gasteiger partial charge < -0.3 is 18.9 Å². The van der Waals surface area contributed by atoms with E-state index in [-0.39, 0.29) is 22.0 Å². The van der Waals surface area contributed by atoms with E-state index in [0.29, 0.717) is 5.75 Å². The van der Waals surface area contributed by atoms with E-state index < -0.39 is 21.7 Å². The summed E-state index contributed by atoms with van der Waals surface area (Å²) >= 11 is 0. The van der Waals surface area contributed by atoms with Crippen LogP contribution in [0.15, 0.2) is 58.3 Å². The van der Waals surface area contributed by atoms with Crippen LogP contribution in [0.1, 0.15) is 18.6 Å². The Morgan fingerprint density at radius 1 is 1.04 bits per heavy atom. The number of sulfone groups is 1. The minimum absolute atomic E-state index is 0.221. The zero-order chi connectivity index (χ0) is 18.5. The van der Waals surface area contributed by atoms with Crippen molar-refractivity contribution in [3.05, 3.63) is 54.1 Å². The zero-order valence-electron chi connectivity index (χ0n) is 14.7. The standard InChI is InChI=1S/C19H20O6S/c1-19(18(22-2)23-3)17-16(24-17)14-11-13(9-10-15(14)25-19)26(20,21)12-7-5-4-6-8-12/h4-11,16-18H,1-3H3. The van der Waals surface area contributed by atoms with Gasteiger partial charge in [-0.2, -0.15) is 0 Å². The van der Waals surface area contributed by atoms with Crippen LogP contribution in [0.4, 0.5) is 0 Å². The molecule has 0 radical (unpaired) electrons.